The lowest BCUT2D eigenvalue weighted by Gasteiger charge is -2.05. The van der Waals surface area contributed by atoms with Gasteiger partial charge in [-0.1, -0.05) is 0 Å². The normalized spacial score (nSPS) is 10.1. The summed E-state index contributed by atoms with van der Waals surface area (Å²) in [4.78, 5) is 4.14. The van der Waals surface area contributed by atoms with Crippen LogP contribution in [0.15, 0.2) is 18.5 Å². The van der Waals surface area contributed by atoms with E-state index in [2.05, 4.69) is 16.4 Å². The molecule has 1 heterocycles. The van der Waals surface area contributed by atoms with Crippen molar-refractivity contribution in [2.45, 2.75) is 19.8 Å². The minimum absolute atomic E-state index is 0.696. The number of ether oxygens (including phenoxy) is 1. The Bertz CT molecular complexity index is 263. The first-order valence-corrected chi connectivity index (χ1v) is 5.08. The van der Waals surface area contributed by atoms with Gasteiger partial charge in [0, 0.05) is 6.20 Å². The van der Waals surface area contributed by atoms with E-state index in [1.165, 1.54) is 5.56 Å². The highest BCUT2D eigenvalue weighted by Crippen LogP contribution is 2.12. The summed E-state index contributed by atoms with van der Waals surface area (Å²) in [5.41, 5.74) is 1.24. The fourth-order valence-electron chi connectivity index (χ4n) is 1.32. The topological polar surface area (TPSA) is 34.1 Å². The van der Waals surface area contributed by atoms with E-state index >= 15 is 0 Å². The molecule has 0 amide bonds. The number of nitrogens with zero attached hydrogens (tertiary/aromatic N) is 1. The standard InChI is InChI=1S/C11H18N2O/c1-3-14-11-7-10(8-13-9-11)5-4-6-12-2/h7-9,12H,3-6H2,1-2H3. The molecule has 0 atom stereocenters. The maximum Gasteiger partial charge on any atom is 0.137 e. The van der Waals surface area contributed by atoms with Crippen LogP contribution < -0.4 is 10.1 Å². The van der Waals surface area contributed by atoms with Gasteiger partial charge in [-0.05, 0) is 45.0 Å². The van der Waals surface area contributed by atoms with Crippen LogP contribution in [0.5, 0.6) is 5.75 Å². The average molecular weight is 194 g/mol. The number of nitrogens with one attached hydrogen (secondary N) is 1. The molecule has 0 radical (unpaired) electrons. The Morgan fingerprint density at radius 2 is 2.29 bits per heavy atom. The van der Waals surface area contributed by atoms with Crippen molar-refractivity contribution in [3.63, 3.8) is 0 Å². The first kappa shape index (κ1) is 11.0. The quantitative estimate of drug-likeness (QED) is 0.699. The molecule has 1 N–H and O–H groups in total. The zero-order valence-corrected chi connectivity index (χ0v) is 8.92. The SMILES string of the molecule is CCOc1cncc(CCCNC)c1. The van der Waals surface area contributed by atoms with Crippen molar-refractivity contribution >= 4 is 0 Å². The summed E-state index contributed by atoms with van der Waals surface area (Å²) >= 11 is 0. The monoisotopic (exact) mass is 194 g/mol. The van der Waals surface area contributed by atoms with Crippen molar-refractivity contribution in [2.24, 2.45) is 0 Å². The van der Waals surface area contributed by atoms with Gasteiger partial charge in [0.15, 0.2) is 0 Å². The molecule has 0 aliphatic rings. The molecular weight excluding hydrogens is 176 g/mol. The minimum Gasteiger partial charge on any atom is -0.492 e. The van der Waals surface area contributed by atoms with Gasteiger partial charge in [0.25, 0.3) is 0 Å². The summed E-state index contributed by atoms with van der Waals surface area (Å²) in [6.07, 6.45) is 5.84. The van der Waals surface area contributed by atoms with Gasteiger partial charge >= 0.3 is 0 Å². The zero-order valence-electron chi connectivity index (χ0n) is 8.92. The Kier molecular flexibility index (Phi) is 5.00. The van der Waals surface area contributed by atoms with E-state index in [9.17, 15) is 0 Å². The molecule has 1 rings (SSSR count). The van der Waals surface area contributed by atoms with Crippen molar-refractivity contribution in [3.8, 4) is 5.75 Å². The minimum atomic E-state index is 0.696. The molecule has 0 saturated heterocycles. The van der Waals surface area contributed by atoms with Gasteiger partial charge in [-0.15, -0.1) is 0 Å². The molecular formula is C11H18N2O. The number of pyridine rings is 1. The molecule has 78 valence electrons. The molecule has 0 unspecified atom stereocenters. The van der Waals surface area contributed by atoms with Crippen LogP contribution >= 0.6 is 0 Å². The lowest BCUT2D eigenvalue weighted by atomic mass is 10.1. The molecule has 0 spiro atoms. The molecule has 0 fully saturated rings. The van der Waals surface area contributed by atoms with Crippen molar-refractivity contribution in [1.29, 1.82) is 0 Å². The van der Waals surface area contributed by atoms with E-state index in [-0.39, 0.29) is 0 Å². The second-order valence-electron chi connectivity index (χ2n) is 3.17. The molecule has 1 aromatic heterocycles. The lowest BCUT2D eigenvalue weighted by molar-refractivity contribution is 0.338. The third-order valence-electron chi connectivity index (χ3n) is 1.97. The van der Waals surface area contributed by atoms with Crippen LogP contribution in [0.1, 0.15) is 18.9 Å². The largest absolute Gasteiger partial charge is 0.492 e. The van der Waals surface area contributed by atoms with E-state index in [0.717, 1.165) is 25.1 Å². The first-order valence-electron chi connectivity index (χ1n) is 5.08. The third-order valence-corrected chi connectivity index (χ3v) is 1.97. The van der Waals surface area contributed by atoms with Crippen LogP contribution in [-0.4, -0.2) is 25.2 Å². The zero-order chi connectivity index (χ0) is 10.2. The molecule has 3 nitrogen and oxygen atoms in total. The summed E-state index contributed by atoms with van der Waals surface area (Å²) < 4.78 is 5.37. The number of aryl methyl sites for hydroxylation is 1. The maximum absolute atomic E-state index is 5.37. The Balaban J connectivity index is 2.46. The van der Waals surface area contributed by atoms with Gasteiger partial charge in [-0.3, -0.25) is 4.98 Å². The Labute approximate surface area is 85.5 Å². The molecule has 0 aliphatic heterocycles. The predicted molar refractivity (Wildman–Crippen MR) is 57.7 cm³/mol. The van der Waals surface area contributed by atoms with E-state index in [0.29, 0.717) is 6.61 Å². The summed E-state index contributed by atoms with van der Waals surface area (Å²) in [5, 5.41) is 3.13. The summed E-state index contributed by atoms with van der Waals surface area (Å²) in [6.45, 7) is 3.72. The molecule has 0 aliphatic carbocycles. The van der Waals surface area contributed by atoms with Crippen LogP contribution in [0.2, 0.25) is 0 Å². The fraction of sp³-hybridized carbons (Fsp3) is 0.545. The summed E-state index contributed by atoms with van der Waals surface area (Å²) in [7, 11) is 1.97. The molecule has 14 heavy (non-hydrogen) atoms. The Hall–Kier alpha value is -1.09. The Morgan fingerprint density at radius 1 is 1.43 bits per heavy atom. The summed E-state index contributed by atoms with van der Waals surface area (Å²) in [6, 6.07) is 2.06. The van der Waals surface area contributed by atoms with E-state index in [4.69, 9.17) is 4.74 Å². The van der Waals surface area contributed by atoms with Gasteiger partial charge in [-0.2, -0.15) is 0 Å². The van der Waals surface area contributed by atoms with Gasteiger partial charge in [0.05, 0.1) is 12.8 Å². The van der Waals surface area contributed by atoms with Crippen molar-refractivity contribution in [3.05, 3.63) is 24.0 Å². The van der Waals surface area contributed by atoms with Gasteiger partial charge in [0.2, 0.25) is 0 Å². The highest BCUT2D eigenvalue weighted by atomic mass is 16.5. The molecule has 3 heteroatoms. The Morgan fingerprint density at radius 3 is 3.00 bits per heavy atom. The van der Waals surface area contributed by atoms with Crippen LogP contribution in [0.3, 0.4) is 0 Å². The number of hydrogen-bond acceptors (Lipinski definition) is 3. The van der Waals surface area contributed by atoms with E-state index in [1.807, 2.05) is 20.2 Å². The van der Waals surface area contributed by atoms with Crippen LogP contribution in [0.25, 0.3) is 0 Å². The van der Waals surface area contributed by atoms with Gasteiger partial charge in [-0.25, -0.2) is 0 Å². The van der Waals surface area contributed by atoms with Crippen molar-refractivity contribution < 1.29 is 4.74 Å². The maximum atomic E-state index is 5.37. The van der Waals surface area contributed by atoms with Crippen molar-refractivity contribution in [1.82, 2.24) is 10.3 Å². The third kappa shape index (κ3) is 3.75. The van der Waals surface area contributed by atoms with Crippen LogP contribution in [0.4, 0.5) is 0 Å². The second-order valence-corrected chi connectivity index (χ2v) is 3.17. The average Bonchev–Trinajstić information content (AvgIpc) is 2.19. The van der Waals surface area contributed by atoms with Crippen LogP contribution in [0, 0.1) is 0 Å². The summed E-state index contributed by atoms with van der Waals surface area (Å²) in [5.74, 6) is 0.870. The number of rotatable bonds is 6. The first-order chi connectivity index (χ1) is 6.86. The van der Waals surface area contributed by atoms with E-state index < -0.39 is 0 Å². The van der Waals surface area contributed by atoms with Crippen LogP contribution in [-0.2, 0) is 6.42 Å². The number of aromatic nitrogens is 1. The second kappa shape index (κ2) is 6.38. The fourth-order valence-corrected chi connectivity index (χ4v) is 1.32. The highest BCUT2D eigenvalue weighted by Gasteiger charge is 1.96. The van der Waals surface area contributed by atoms with Crippen molar-refractivity contribution in [2.75, 3.05) is 20.2 Å². The molecule has 0 bridgehead atoms. The lowest BCUT2D eigenvalue weighted by Crippen LogP contribution is -2.08. The number of hydrogen-bond donors (Lipinski definition) is 1. The molecule has 0 aromatic carbocycles. The van der Waals surface area contributed by atoms with E-state index in [1.54, 1.807) is 6.20 Å². The van der Waals surface area contributed by atoms with Gasteiger partial charge < -0.3 is 10.1 Å². The van der Waals surface area contributed by atoms with Gasteiger partial charge in [0.1, 0.15) is 5.75 Å². The molecule has 0 saturated carbocycles. The molecule has 1 aromatic rings. The smallest absolute Gasteiger partial charge is 0.137 e. The highest BCUT2D eigenvalue weighted by molar-refractivity contribution is 5.23. The predicted octanol–water partition coefficient (Wildman–Crippen LogP) is 1.63.